The van der Waals surface area contributed by atoms with Gasteiger partial charge in [0.25, 0.3) is 0 Å². The van der Waals surface area contributed by atoms with Crippen LogP contribution in [0.15, 0.2) is 46.4 Å². The maximum atomic E-state index is 10.4. The van der Waals surface area contributed by atoms with Crippen molar-refractivity contribution < 1.29 is 50.0 Å². The Morgan fingerprint density at radius 2 is 2.12 bits per heavy atom. The molecule has 2 rings (SSSR count). The van der Waals surface area contributed by atoms with Gasteiger partial charge in [0.1, 0.15) is 5.76 Å². The number of hydrogen-bond donors (Lipinski definition) is 1. The predicted octanol–water partition coefficient (Wildman–Crippen LogP) is 1.09. The number of carboxylic acid groups (broad SMARTS) is 1. The third-order valence-electron chi connectivity index (χ3n) is 3.50. The molecular formula is C19H24NNaO4S. The third-order valence-corrected chi connectivity index (χ3v) is 4.35. The molecule has 1 N–H and O–H groups in total. The number of aliphatic carboxylic acids is 1. The van der Waals surface area contributed by atoms with Gasteiger partial charge >= 0.3 is 35.5 Å². The van der Waals surface area contributed by atoms with Crippen LogP contribution in [-0.4, -0.2) is 40.8 Å². The SMILES string of the molecule is C/C(=C\CSCC(=O)O)COCCc1nc(-c2ccccc2)oc1C.[H-].[Na+]. The van der Waals surface area contributed by atoms with Gasteiger partial charge in [-0.05, 0) is 26.0 Å². The molecule has 7 heteroatoms. The van der Waals surface area contributed by atoms with Crippen molar-refractivity contribution in [1.82, 2.24) is 4.98 Å². The van der Waals surface area contributed by atoms with E-state index >= 15 is 0 Å². The fraction of sp³-hybridized carbons (Fsp3) is 0.368. The Balaban J connectivity index is 0.00000338. The summed E-state index contributed by atoms with van der Waals surface area (Å²) in [6, 6.07) is 9.83. The number of hydrogen-bond acceptors (Lipinski definition) is 5. The number of ether oxygens (including phenoxy) is 1. The first kappa shape index (κ1) is 23.0. The summed E-state index contributed by atoms with van der Waals surface area (Å²) in [7, 11) is 0. The summed E-state index contributed by atoms with van der Waals surface area (Å²) in [5.41, 5.74) is 2.98. The van der Waals surface area contributed by atoms with Crippen molar-refractivity contribution in [2.24, 2.45) is 0 Å². The topological polar surface area (TPSA) is 72.6 Å². The van der Waals surface area contributed by atoms with Crippen molar-refractivity contribution in [3.8, 4) is 11.5 Å². The zero-order valence-corrected chi connectivity index (χ0v) is 18.3. The van der Waals surface area contributed by atoms with Crippen LogP contribution in [0, 0.1) is 6.92 Å². The van der Waals surface area contributed by atoms with Gasteiger partial charge < -0.3 is 15.7 Å². The Morgan fingerprint density at radius 3 is 2.81 bits per heavy atom. The van der Waals surface area contributed by atoms with Crippen LogP contribution in [0.2, 0.25) is 0 Å². The normalized spacial score (nSPS) is 11.2. The zero-order valence-electron chi connectivity index (χ0n) is 16.5. The maximum absolute atomic E-state index is 10.4. The van der Waals surface area contributed by atoms with Crippen LogP contribution in [0.3, 0.4) is 0 Å². The summed E-state index contributed by atoms with van der Waals surface area (Å²) in [5.74, 6) is 1.48. The van der Waals surface area contributed by atoms with Crippen molar-refractivity contribution >= 4 is 17.7 Å². The number of rotatable bonds is 10. The Bertz CT molecular complexity index is 722. The minimum atomic E-state index is -0.787. The Kier molecular flexibility index (Phi) is 10.9. The van der Waals surface area contributed by atoms with Crippen LogP contribution < -0.4 is 29.6 Å². The minimum Gasteiger partial charge on any atom is -1.00 e. The second kappa shape index (κ2) is 12.4. The number of nitrogens with zero attached hydrogens (tertiary/aromatic N) is 1. The van der Waals surface area contributed by atoms with Crippen LogP contribution >= 0.6 is 11.8 Å². The molecule has 0 amide bonds. The number of aromatic nitrogens is 1. The van der Waals surface area contributed by atoms with Gasteiger partial charge in [-0.2, -0.15) is 0 Å². The predicted molar refractivity (Wildman–Crippen MR) is 101 cm³/mol. The molecule has 0 saturated carbocycles. The molecule has 0 aliphatic carbocycles. The first-order valence-electron chi connectivity index (χ1n) is 8.11. The van der Waals surface area contributed by atoms with E-state index in [1.165, 1.54) is 11.8 Å². The van der Waals surface area contributed by atoms with E-state index in [2.05, 4.69) is 4.98 Å². The monoisotopic (exact) mass is 385 g/mol. The van der Waals surface area contributed by atoms with Gasteiger partial charge in [-0.1, -0.05) is 29.8 Å². The molecule has 1 heterocycles. The molecule has 0 radical (unpaired) electrons. The fourth-order valence-electron chi connectivity index (χ4n) is 2.17. The zero-order chi connectivity index (χ0) is 18.1. The molecule has 0 unspecified atom stereocenters. The first-order chi connectivity index (χ1) is 12.1. The smallest absolute Gasteiger partial charge is 1.00 e. The quantitative estimate of drug-likeness (QED) is 0.375. The van der Waals surface area contributed by atoms with Crippen LogP contribution in [0.5, 0.6) is 0 Å². The summed E-state index contributed by atoms with van der Waals surface area (Å²) in [5, 5.41) is 8.58. The van der Waals surface area contributed by atoms with Crippen LogP contribution in [0.1, 0.15) is 19.8 Å². The number of carbonyl (C=O) groups is 1. The van der Waals surface area contributed by atoms with Gasteiger partial charge in [-0.25, -0.2) is 4.98 Å². The number of oxazole rings is 1. The largest absolute Gasteiger partial charge is 1.00 e. The van der Waals surface area contributed by atoms with Crippen LogP contribution in [-0.2, 0) is 16.0 Å². The van der Waals surface area contributed by atoms with E-state index in [1.807, 2.05) is 50.3 Å². The fourth-order valence-corrected chi connectivity index (χ4v) is 2.87. The van der Waals surface area contributed by atoms with Crippen molar-refractivity contribution in [3.05, 3.63) is 53.4 Å². The van der Waals surface area contributed by atoms with E-state index in [1.54, 1.807) is 0 Å². The summed E-state index contributed by atoms with van der Waals surface area (Å²) in [6.07, 6.45) is 2.70. The standard InChI is InChI=1S/C19H23NO4S.Na.H/c1-14(9-11-25-13-18(21)22)12-23-10-8-17-15(2)24-19(20-17)16-6-4-3-5-7-16;;/h3-7,9H,8,10-13H2,1-2H3,(H,21,22);;/q;+1;-1/b14-9+;;. The second-order valence-corrected chi connectivity index (χ2v) is 6.68. The number of aryl methyl sites for hydroxylation is 1. The Hall–Kier alpha value is -1.05. The van der Waals surface area contributed by atoms with Crippen molar-refractivity contribution in [2.45, 2.75) is 20.3 Å². The molecule has 0 atom stereocenters. The van der Waals surface area contributed by atoms with Crippen molar-refractivity contribution in [1.29, 1.82) is 0 Å². The molecule has 0 aliphatic heterocycles. The van der Waals surface area contributed by atoms with E-state index in [0.29, 0.717) is 31.3 Å². The maximum Gasteiger partial charge on any atom is 1.00 e. The van der Waals surface area contributed by atoms with Gasteiger partial charge in [0.15, 0.2) is 0 Å². The van der Waals surface area contributed by atoms with Gasteiger partial charge in [-0.3, -0.25) is 4.79 Å². The van der Waals surface area contributed by atoms with Crippen LogP contribution in [0.25, 0.3) is 11.5 Å². The summed E-state index contributed by atoms with van der Waals surface area (Å²) in [4.78, 5) is 15.0. The van der Waals surface area contributed by atoms with Gasteiger partial charge in [0, 0.05) is 17.7 Å². The van der Waals surface area contributed by atoms with E-state index < -0.39 is 5.97 Å². The van der Waals surface area contributed by atoms with E-state index in [0.717, 1.165) is 22.6 Å². The Morgan fingerprint density at radius 1 is 1.38 bits per heavy atom. The van der Waals surface area contributed by atoms with Gasteiger partial charge in [0.2, 0.25) is 5.89 Å². The number of thioether (sulfide) groups is 1. The third kappa shape index (κ3) is 8.10. The molecular weight excluding hydrogens is 361 g/mol. The molecule has 0 saturated heterocycles. The van der Waals surface area contributed by atoms with Crippen LogP contribution in [0.4, 0.5) is 0 Å². The van der Waals surface area contributed by atoms with Crippen molar-refractivity contribution in [2.75, 3.05) is 24.7 Å². The van der Waals surface area contributed by atoms with E-state index in [-0.39, 0.29) is 36.7 Å². The number of carboxylic acids is 1. The number of benzene rings is 1. The molecule has 2 aromatic rings. The van der Waals surface area contributed by atoms with Gasteiger partial charge in [0.05, 0.1) is 24.7 Å². The minimum absolute atomic E-state index is 0. The molecule has 26 heavy (non-hydrogen) atoms. The Labute approximate surface area is 182 Å². The summed E-state index contributed by atoms with van der Waals surface area (Å²) >= 11 is 1.37. The van der Waals surface area contributed by atoms with E-state index in [9.17, 15) is 4.79 Å². The first-order valence-corrected chi connectivity index (χ1v) is 9.26. The van der Waals surface area contributed by atoms with E-state index in [4.69, 9.17) is 14.3 Å². The average molecular weight is 385 g/mol. The van der Waals surface area contributed by atoms with Crippen molar-refractivity contribution in [3.63, 3.8) is 0 Å². The molecule has 0 aliphatic rings. The molecule has 1 aromatic heterocycles. The molecule has 5 nitrogen and oxygen atoms in total. The average Bonchev–Trinajstić information content (AvgIpc) is 2.97. The second-order valence-electron chi connectivity index (χ2n) is 5.65. The molecule has 0 bridgehead atoms. The molecule has 136 valence electrons. The summed E-state index contributed by atoms with van der Waals surface area (Å²) in [6.45, 7) is 5.00. The van der Waals surface area contributed by atoms with Gasteiger partial charge in [-0.15, -0.1) is 11.8 Å². The summed E-state index contributed by atoms with van der Waals surface area (Å²) < 4.78 is 11.4. The molecule has 0 fully saturated rings. The molecule has 1 aromatic carbocycles. The molecule has 0 spiro atoms.